The lowest BCUT2D eigenvalue weighted by Crippen LogP contribution is -2.65. The minimum Gasteiger partial charge on any atom is -0.756 e. The molecule has 46 heavy (non-hydrogen) atoms. The van der Waals surface area contributed by atoms with E-state index < -0.39 is 91.3 Å². The highest BCUT2D eigenvalue weighted by Crippen LogP contribution is 2.47. The molecule has 0 aromatic carbocycles. The summed E-state index contributed by atoms with van der Waals surface area (Å²) < 4.78 is 62.6. The topological polar surface area (TPSA) is 421 Å². The van der Waals surface area contributed by atoms with Crippen LogP contribution in [0.3, 0.4) is 0 Å². The first-order chi connectivity index (χ1) is 19.8. The number of phosphoric acid groups is 3. The number of rotatable bonds is 20. The number of quaternary nitrogens is 3. The molecule has 0 heterocycles. The summed E-state index contributed by atoms with van der Waals surface area (Å²) in [6, 6.07) is 0. The molecular formula is C21H50N3O19P3. The van der Waals surface area contributed by atoms with Crippen molar-refractivity contribution in [2.75, 3.05) is 13.2 Å². The van der Waals surface area contributed by atoms with Gasteiger partial charge in [-0.15, -0.1) is 0 Å². The average molecular weight is 742 g/mol. The van der Waals surface area contributed by atoms with E-state index in [0.717, 1.165) is 19.3 Å². The molecule has 0 amide bonds. The molecule has 0 aliphatic heterocycles. The Kier molecular flexibility index (Phi) is 24.3. The van der Waals surface area contributed by atoms with Gasteiger partial charge in [-0.1, -0.05) is 39.5 Å². The lowest BCUT2D eigenvalue weighted by molar-refractivity contribution is -0.278. The molecule has 0 aromatic rings. The van der Waals surface area contributed by atoms with Crippen LogP contribution in [0.1, 0.15) is 65.2 Å². The van der Waals surface area contributed by atoms with E-state index in [4.69, 9.17) is 19.3 Å². The minimum atomic E-state index is -5.80. The number of ether oxygens (including phenoxy) is 2. The third kappa shape index (κ3) is 19.1. The summed E-state index contributed by atoms with van der Waals surface area (Å²) in [5.41, 5.74) is 0. The van der Waals surface area contributed by atoms with Crippen LogP contribution in [-0.4, -0.2) is 93.0 Å². The third-order valence-corrected chi connectivity index (χ3v) is 7.88. The van der Waals surface area contributed by atoms with Gasteiger partial charge in [0.1, 0.15) is 43.2 Å². The van der Waals surface area contributed by atoms with Crippen LogP contribution < -0.4 is 33.1 Å². The summed E-state index contributed by atoms with van der Waals surface area (Å²) in [6.45, 7) is 2.17. The van der Waals surface area contributed by atoms with Gasteiger partial charge in [-0.05, 0) is 12.8 Å². The molecule has 1 aliphatic carbocycles. The first-order valence-electron chi connectivity index (χ1n) is 13.3. The molecule has 0 aromatic heterocycles. The van der Waals surface area contributed by atoms with E-state index >= 15 is 0 Å². The molecule has 0 saturated heterocycles. The molecule has 1 rings (SSSR count). The Labute approximate surface area is 265 Å². The second-order valence-electron chi connectivity index (χ2n) is 9.57. The predicted molar refractivity (Wildman–Crippen MR) is 153 cm³/mol. The monoisotopic (exact) mass is 741 g/mol. The van der Waals surface area contributed by atoms with Crippen LogP contribution in [0, 0.1) is 0 Å². The van der Waals surface area contributed by atoms with Crippen molar-refractivity contribution in [3.05, 3.63) is 0 Å². The lowest BCUT2D eigenvalue weighted by Gasteiger charge is -2.47. The minimum absolute atomic E-state index is 0. The van der Waals surface area contributed by atoms with Crippen molar-refractivity contribution in [1.29, 1.82) is 0 Å². The number of phosphoric ester groups is 3. The largest absolute Gasteiger partial charge is 0.756 e. The Bertz CT molecular complexity index is 992. The summed E-state index contributed by atoms with van der Waals surface area (Å²) in [5, 5.41) is 31.0. The van der Waals surface area contributed by atoms with E-state index in [-0.39, 0.29) is 31.3 Å². The van der Waals surface area contributed by atoms with E-state index in [2.05, 4.69) is 18.1 Å². The second kappa shape index (κ2) is 22.6. The second-order valence-corrected chi connectivity index (χ2v) is 13.2. The Balaban J connectivity index is -0.00000616. The molecule has 17 N–H and O–H groups in total. The van der Waals surface area contributed by atoms with E-state index in [1.807, 2.05) is 13.8 Å². The molecule has 1 fully saturated rings. The van der Waals surface area contributed by atoms with Crippen molar-refractivity contribution in [2.24, 2.45) is 0 Å². The molecule has 278 valence electrons. The Hall–Kier alpha value is -0.970. The van der Waals surface area contributed by atoms with Crippen molar-refractivity contribution in [3.8, 4) is 0 Å². The fraction of sp³-hybridized carbons (Fsp3) is 0.905. The standard InChI is InChI=1S/C21H41O19P3.3H3N/c1-3-5-7-9-14(22)35-11-13(37-15(23)10-8-6-4-2)12-36-43(33,34)40-21-17(25)19(38-41(27,28)29)16(24)20(18(21)26)39-42(30,31)32;;;/h13,16-21,24-26H,3-12H2,1-2H3,(H,33,34)(H2,27,28,29)(H2,30,31,32);3*1H3/t13-,16?,17?,18?,19-,20?,21?;;;/m1.../s1. The Morgan fingerprint density at radius 3 is 1.46 bits per heavy atom. The highest BCUT2D eigenvalue weighted by Gasteiger charge is 2.54. The SMILES string of the molecule is CCCCCC(=O)OC[C@H](COP(=O)([O-])OC1C(O)C(OP(=O)([O-])O)C(O)[C@@H](OP(=O)([O-])O)C1O)OC(=O)CCCCC.[NH4+].[NH4+].[NH4+]. The summed E-state index contributed by atoms with van der Waals surface area (Å²) in [5.74, 6) is -1.43. The van der Waals surface area contributed by atoms with Gasteiger partial charge in [0.25, 0.3) is 23.5 Å². The molecule has 0 radical (unpaired) electrons. The van der Waals surface area contributed by atoms with Crippen LogP contribution in [0.25, 0.3) is 0 Å². The van der Waals surface area contributed by atoms with Crippen LogP contribution in [0.5, 0.6) is 0 Å². The zero-order valence-corrected chi connectivity index (χ0v) is 29.1. The molecule has 0 bridgehead atoms. The van der Waals surface area contributed by atoms with Crippen LogP contribution in [-0.2, 0) is 50.9 Å². The van der Waals surface area contributed by atoms with Crippen LogP contribution in [0.4, 0.5) is 0 Å². The maximum Gasteiger partial charge on any atom is 0.306 e. The molecule has 1 saturated carbocycles. The van der Waals surface area contributed by atoms with Gasteiger partial charge in [0.15, 0.2) is 6.10 Å². The fourth-order valence-corrected chi connectivity index (χ4v) is 5.93. The maximum atomic E-state index is 12.6. The van der Waals surface area contributed by atoms with Gasteiger partial charge in [0.05, 0.1) is 6.61 Å². The fourth-order valence-electron chi connectivity index (χ4n) is 3.86. The van der Waals surface area contributed by atoms with Crippen LogP contribution >= 0.6 is 23.5 Å². The molecule has 10 atom stereocenters. The van der Waals surface area contributed by atoms with Crippen molar-refractivity contribution < 1.29 is 90.6 Å². The maximum absolute atomic E-state index is 12.6. The Morgan fingerprint density at radius 2 is 1.07 bits per heavy atom. The third-order valence-electron chi connectivity index (χ3n) is 5.90. The van der Waals surface area contributed by atoms with Crippen molar-refractivity contribution in [1.82, 2.24) is 18.5 Å². The van der Waals surface area contributed by atoms with Gasteiger partial charge in [-0.3, -0.25) is 23.3 Å². The summed E-state index contributed by atoms with van der Waals surface area (Å²) in [6.07, 6.45) is -13.0. The van der Waals surface area contributed by atoms with Gasteiger partial charge < -0.3 is 85.8 Å². The van der Waals surface area contributed by atoms with Crippen LogP contribution in [0.15, 0.2) is 0 Å². The molecule has 1 aliphatic rings. The van der Waals surface area contributed by atoms with Gasteiger partial charge in [0.2, 0.25) is 0 Å². The lowest BCUT2D eigenvalue weighted by atomic mass is 9.85. The van der Waals surface area contributed by atoms with Crippen molar-refractivity contribution in [3.63, 3.8) is 0 Å². The highest BCUT2D eigenvalue weighted by molar-refractivity contribution is 7.46. The zero-order chi connectivity index (χ0) is 33.0. The van der Waals surface area contributed by atoms with Gasteiger partial charge in [-0.2, -0.15) is 0 Å². The highest BCUT2D eigenvalue weighted by atomic mass is 31.2. The van der Waals surface area contributed by atoms with Crippen molar-refractivity contribution >= 4 is 35.4 Å². The predicted octanol–water partition coefficient (Wildman–Crippen LogP) is -0.611. The number of hydrogen-bond acceptors (Lipinski definition) is 17. The van der Waals surface area contributed by atoms with Crippen LogP contribution in [0.2, 0.25) is 0 Å². The summed E-state index contributed by atoms with van der Waals surface area (Å²) in [7, 11) is -17.3. The molecule has 0 spiro atoms. The van der Waals surface area contributed by atoms with Crippen molar-refractivity contribution in [2.45, 2.75) is 108 Å². The normalized spacial score (nSPS) is 27.2. The summed E-state index contributed by atoms with van der Waals surface area (Å²) in [4.78, 5) is 77.1. The molecule has 25 heteroatoms. The first kappa shape index (κ1) is 49.4. The number of esters is 2. The molecule has 22 nitrogen and oxygen atoms in total. The first-order valence-corrected chi connectivity index (χ1v) is 17.7. The molecule has 8 unspecified atom stereocenters. The van der Waals surface area contributed by atoms with E-state index in [9.17, 15) is 53.3 Å². The number of carbonyl (C=O) groups excluding carboxylic acids is 2. The quantitative estimate of drug-likeness (QED) is 0.0438. The summed E-state index contributed by atoms with van der Waals surface area (Å²) >= 11 is 0. The smallest absolute Gasteiger partial charge is 0.306 e. The average Bonchev–Trinajstić information content (AvgIpc) is 2.88. The Morgan fingerprint density at radius 1 is 0.674 bits per heavy atom. The van der Waals surface area contributed by atoms with E-state index in [1.165, 1.54) is 0 Å². The number of carbonyl (C=O) groups is 2. The van der Waals surface area contributed by atoms with Gasteiger partial charge in [-0.25, -0.2) is 0 Å². The number of aliphatic hydroxyl groups is 3. The van der Waals surface area contributed by atoms with E-state index in [0.29, 0.717) is 19.3 Å². The zero-order valence-electron chi connectivity index (χ0n) is 26.4. The van der Waals surface area contributed by atoms with Gasteiger partial charge in [0, 0.05) is 12.8 Å². The number of unbranched alkanes of at least 4 members (excludes halogenated alkanes) is 4. The molecular weight excluding hydrogens is 691 g/mol. The number of aliphatic hydroxyl groups excluding tert-OH is 3. The van der Waals surface area contributed by atoms with Gasteiger partial charge >= 0.3 is 11.9 Å². The number of hydrogen-bond donors (Lipinski definition) is 8. The van der Waals surface area contributed by atoms with E-state index in [1.54, 1.807) is 0 Å².